The van der Waals surface area contributed by atoms with Crippen LogP contribution in [-0.4, -0.2) is 32.1 Å². The molecule has 3 rings (SSSR count). The van der Waals surface area contributed by atoms with Crippen LogP contribution in [-0.2, 0) is 6.42 Å². The van der Waals surface area contributed by atoms with Gasteiger partial charge in [0.1, 0.15) is 5.82 Å². The average molecular weight is 283 g/mol. The van der Waals surface area contributed by atoms with Gasteiger partial charge in [-0.15, -0.1) is 0 Å². The number of aromatic nitrogens is 3. The van der Waals surface area contributed by atoms with E-state index in [0.29, 0.717) is 23.7 Å². The van der Waals surface area contributed by atoms with Crippen molar-refractivity contribution in [3.8, 4) is 0 Å². The molecule has 2 heterocycles. The fourth-order valence-corrected chi connectivity index (χ4v) is 2.30. The first kappa shape index (κ1) is 13.4. The highest BCUT2D eigenvalue weighted by Gasteiger charge is 2.13. The standard InChI is InChI=1S/C15H17N5O/c16-13-9-20-7-6-17-15(20)14(19-13)18-12(10-21)8-11-4-2-1-3-5-11/h1-7,9,12,21H,8,10,16H2,(H,18,19). The number of nitrogens with one attached hydrogen (secondary N) is 1. The van der Waals surface area contributed by atoms with Crippen LogP contribution in [0.25, 0.3) is 5.65 Å². The Labute approximate surface area is 122 Å². The molecule has 0 saturated carbocycles. The second-order valence-electron chi connectivity index (χ2n) is 4.89. The van der Waals surface area contributed by atoms with E-state index in [-0.39, 0.29) is 12.6 Å². The lowest BCUT2D eigenvalue weighted by atomic mass is 10.1. The molecule has 0 aliphatic rings. The summed E-state index contributed by atoms with van der Waals surface area (Å²) in [4.78, 5) is 8.53. The van der Waals surface area contributed by atoms with E-state index in [4.69, 9.17) is 5.73 Å². The van der Waals surface area contributed by atoms with Gasteiger partial charge in [0.2, 0.25) is 0 Å². The molecule has 0 bridgehead atoms. The Balaban J connectivity index is 1.84. The maximum absolute atomic E-state index is 9.59. The molecule has 0 radical (unpaired) electrons. The van der Waals surface area contributed by atoms with E-state index in [1.54, 1.807) is 12.4 Å². The minimum atomic E-state index is -0.151. The van der Waals surface area contributed by atoms with Gasteiger partial charge in [-0.05, 0) is 12.0 Å². The highest BCUT2D eigenvalue weighted by Crippen LogP contribution is 2.16. The smallest absolute Gasteiger partial charge is 0.180 e. The third-order valence-corrected chi connectivity index (χ3v) is 3.28. The molecule has 0 aliphatic heterocycles. The molecular formula is C15H17N5O. The minimum Gasteiger partial charge on any atom is -0.394 e. The van der Waals surface area contributed by atoms with Gasteiger partial charge in [-0.2, -0.15) is 0 Å². The van der Waals surface area contributed by atoms with Crippen LogP contribution in [0.5, 0.6) is 0 Å². The molecule has 6 nitrogen and oxygen atoms in total. The Morgan fingerprint density at radius 2 is 2.10 bits per heavy atom. The summed E-state index contributed by atoms with van der Waals surface area (Å²) in [5.74, 6) is 0.981. The second kappa shape index (κ2) is 5.80. The Bertz CT molecular complexity index is 725. The minimum absolute atomic E-state index is 0.00174. The molecule has 0 fully saturated rings. The highest BCUT2D eigenvalue weighted by molar-refractivity contribution is 5.65. The van der Waals surface area contributed by atoms with Crippen LogP contribution < -0.4 is 11.1 Å². The fourth-order valence-electron chi connectivity index (χ4n) is 2.30. The van der Waals surface area contributed by atoms with Crippen LogP contribution in [0.2, 0.25) is 0 Å². The third kappa shape index (κ3) is 2.95. The van der Waals surface area contributed by atoms with Crippen molar-refractivity contribution in [1.29, 1.82) is 0 Å². The summed E-state index contributed by atoms with van der Waals surface area (Å²) in [5.41, 5.74) is 7.63. The molecule has 2 aromatic heterocycles. The molecule has 108 valence electrons. The van der Waals surface area contributed by atoms with E-state index in [1.165, 1.54) is 0 Å². The van der Waals surface area contributed by atoms with Crippen molar-refractivity contribution >= 4 is 17.3 Å². The van der Waals surface area contributed by atoms with Gasteiger partial charge in [-0.3, -0.25) is 0 Å². The maximum atomic E-state index is 9.59. The first-order chi connectivity index (χ1) is 10.3. The summed E-state index contributed by atoms with van der Waals surface area (Å²) in [5, 5.41) is 12.8. The monoisotopic (exact) mass is 283 g/mol. The molecule has 21 heavy (non-hydrogen) atoms. The molecule has 3 aromatic rings. The zero-order chi connectivity index (χ0) is 14.7. The van der Waals surface area contributed by atoms with E-state index in [2.05, 4.69) is 15.3 Å². The van der Waals surface area contributed by atoms with Crippen LogP contribution in [0.3, 0.4) is 0 Å². The van der Waals surface area contributed by atoms with Gasteiger partial charge in [0.25, 0.3) is 0 Å². The number of hydrogen-bond donors (Lipinski definition) is 3. The quantitative estimate of drug-likeness (QED) is 0.657. The van der Waals surface area contributed by atoms with Gasteiger partial charge in [-0.25, -0.2) is 9.97 Å². The molecule has 0 saturated heterocycles. The number of nitrogens with two attached hydrogens (primary N) is 1. The first-order valence-corrected chi connectivity index (χ1v) is 6.77. The molecular weight excluding hydrogens is 266 g/mol. The fraction of sp³-hybridized carbons (Fsp3) is 0.200. The number of fused-ring (bicyclic) bond motifs is 1. The lowest BCUT2D eigenvalue weighted by molar-refractivity contribution is 0.273. The number of rotatable bonds is 5. The lowest BCUT2D eigenvalue weighted by Crippen LogP contribution is -2.27. The Kier molecular flexibility index (Phi) is 3.70. The van der Waals surface area contributed by atoms with Crippen LogP contribution in [0.15, 0.2) is 48.9 Å². The van der Waals surface area contributed by atoms with Crippen LogP contribution in [0.4, 0.5) is 11.6 Å². The Morgan fingerprint density at radius 3 is 2.86 bits per heavy atom. The first-order valence-electron chi connectivity index (χ1n) is 6.77. The summed E-state index contributed by atoms with van der Waals surface area (Å²) in [7, 11) is 0. The second-order valence-corrected chi connectivity index (χ2v) is 4.89. The van der Waals surface area contributed by atoms with Gasteiger partial charge < -0.3 is 20.6 Å². The molecule has 1 aromatic carbocycles. The van der Waals surface area contributed by atoms with Gasteiger partial charge in [0.05, 0.1) is 18.8 Å². The summed E-state index contributed by atoms with van der Waals surface area (Å²) in [6.45, 7) is -0.00174. The number of aliphatic hydroxyl groups excluding tert-OH is 1. The number of anilines is 2. The number of hydrogen-bond acceptors (Lipinski definition) is 5. The van der Waals surface area contributed by atoms with Gasteiger partial charge >= 0.3 is 0 Å². The van der Waals surface area contributed by atoms with E-state index in [9.17, 15) is 5.11 Å². The number of imidazole rings is 1. The Morgan fingerprint density at radius 1 is 1.29 bits per heavy atom. The zero-order valence-electron chi connectivity index (χ0n) is 11.5. The molecule has 6 heteroatoms. The summed E-state index contributed by atoms with van der Waals surface area (Å²) >= 11 is 0. The molecule has 4 N–H and O–H groups in total. The molecule has 1 unspecified atom stereocenters. The van der Waals surface area contributed by atoms with E-state index < -0.39 is 0 Å². The van der Waals surface area contributed by atoms with Crippen molar-refractivity contribution in [2.75, 3.05) is 17.7 Å². The van der Waals surface area contributed by atoms with Crippen molar-refractivity contribution in [2.45, 2.75) is 12.5 Å². The van der Waals surface area contributed by atoms with Crippen molar-refractivity contribution in [3.05, 3.63) is 54.5 Å². The number of nitrogens with zero attached hydrogens (tertiary/aromatic N) is 3. The van der Waals surface area contributed by atoms with Gasteiger partial charge in [0, 0.05) is 12.4 Å². The normalized spacial score (nSPS) is 12.4. The van der Waals surface area contributed by atoms with Gasteiger partial charge in [0.15, 0.2) is 11.5 Å². The predicted molar refractivity (Wildman–Crippen MR) is 82.0 cm³/mol. The third-order valence-electron chi connectivity index (χ3n) is 3.28. The predicted octanol–water partition coefficient (Wildman–Crippen LogP) is 1.33. The highest BCUT2D eigenvalue weighted by atomic mass is 16.3. The Hall–Kier alpha value is -2.60. The SMILES string of the molecule is Nc1cn2ccnc2c(NC(CO)Cc2ccccc2)n1. The van der Waals surface area contributed by atoms with E-state index in [0.717, 1.165) is 5.56 Å². The van der Waals surface area contributed by atoms with Crippen LogP contribution >= 0.6 is 0 Å². The van der Waals surface area contributed by atoms with Crippen molar-refractivity contribution in [1.82, 2.24) is 14.4 Å². The number of nitrogen functional groups attached to an aromatic ring is 1. The van der Waals surface area contributed by atoms with Crippen molar-refractivity contribution in [2.24, 2.45) is 0 Å². The lowest BCUT2D eigenvalue weighted by Gasteiger charge is -2.17. The van der Waals surface area contributed by atoms with E-state index in [1.807, 2.05) is 40.9 Å². The summed E-state index contributed by atoms with van der Waals surface area (Å²) in [6, 6.07) is 9.84. The number of aliphatic hydroxyl groups is 1. The summed E-state index contributed by atoms with van der Waals surface area (Å²) in [6.07, 6.45) is 5.90. The molecule has 1 atom stereocenters. The average Bonchev–Trinajstić information content (AvgIpc) is 2.96. The van der Waals surface area contributed by atoms with Crippen LogP contribution in [0, 0.1) is 0 Å². The molecule has 0 amide bonds. The van der Waals surface area contributed by atoms with E-state index >= 15 is 0 Å². The van der Waals surface area contributed by atoms with Gasteiger partial charge in [-0.1, -0.05) is 30.3 Å². The molecule has 0 aliphatic carbocycles. The van der Waals surface area contributed by atoms with Crippen molar-refractivity contribution < 1.29 is 5.11 Å². The maximum Gasteiger partial charge on any atom is 0.180 e. The largest absolute Gasteiger partial charge is 0.394 e. The van der Waals surface area contributed by atoms with Crippen LogP contribution in [0.1, 0.15) is 5.56 Å². The topological polar surface area (TPSA) is 88.5 Å². The molecule has 0 spiro atoms. The van der Waals surface area contributed by atoms with Crippen molar-refractivity contribution in [3.63, 3.8) is 0 Å². The number of benzene rings is 1. The summed E-state index contributed by atoms with van der Waals surface area (Å²) < 4.78 is 1.81. The zero-order valence-corrected chi connectivity index (χ0v) is 11.5.